The molecule has 4 amide bonds. The molecule has 3 atom stereocenters. The second-order valence-corrected chi connectivity index (χ2v) is 5.26. The van der Waals surface area contributed by atoms with E-state index < -0.39 is 35.8 Å². The van der Waals surface area contributed by atoms with Crippen molar-refractivity contribution in [2.24, 2.45) is 5.73 Å². The van der Waals surface area contributed by atoms with E-state index in [9.17, 15) is 19.2 Å². The van der Waals surface area contributed by atoms with Crippen molar-refractivity contribution >= 4 is 23.6 Å². The fraction of sp³-hybridized carbons (Fsp3) is 0.714. The SMILES string of the molecule is CCCC[C@H](NC(=O)[C@H](C)NC(C)=O)C(=O)N[C@@H](C)C(N)=O. The fourth-order valence-corrected chi connectivity index (χ4v) is 1.73. The van der Waals surface area contributed by atoms with E-state index in [1.54, 1.807) is 0 Å². The van der Waals surface area contributed by atoms with Gasteiger partial charge in [0.15, 0.2) is 0 Å². The minimum atomic E-state index is -0.818. The zero-order valence-electron chi connectivity index (χ0n) is 13.6. The Balaban J connectivity index is 4.75. The van der Waals surface area contributed by atoms with Crippen LogP contribution in [-0.2, 0) is 19.2 Å². The van der Waals surface area contributed by atoms with Crippen molar-refractivity contribution in [1.29, 1.82) is 0 Å². The highest BCUT2D eigenvalue weighted by Crippen LogP contribution is 2.02. The minimum Gasteiger partial charge on any atom is -0.368 e. The maximum atomic E-state index is 12.1. The predicted molar refractivity (Wildman–Crippen MR) is 81.5 cm³/mol. The number of carbonyl (C=O) groups is 4. The van der Waals surface area contributed by atoms with Crippen LogP contribution in [0.3, 0.4) is 0 Å². The molecule has 0 aromatic carbocycles. The van der Waals surface area contributed by atoms with Crippen molar-refractivity contribution in [3.05, 3.63) is 0 Å². The molecule has 0 fully saturated rings. The highest BCUT2D eigenvalue weighted by Gasteiger charge is 2.25. The monoisotopic (exact) mass is 314 g/mol. The first-order valence-corrected chi connectivity index (χ1v) is 7.36. The largest absolute Gasteiger partial charge is 0.368 e. The molecule has 22 heavy (non-hydrogen) atoms. The number of rotatable bonds is 9. The first-order chi connectivity index (χ1) is 10.2. The summed E-state index contributed by atoms with van der Waals surface area (Å²) in [5, 5.41) is 7.49. The van der Waals surface area contributed by atoms with Gasteiger partial charge >= 0.3 is 0 Å². The number of carbonyl (C=O) groups excluding carboxylic acids is 4. The molecule has 0 aromatic rings. The number of amides is 4. The Hall–Kier alpha value is -2.12. The third-order valence-corrected chi connectivity index (χ3v) is 3.08. The second kappa shape index (κ2) is 9.75. The molecule has 0 saturated heterocycles. The van der Waals surface area contributed by atoms with E-state index in [1.807, 2.05) is 6.92 Å². The summed E-state index contributed by atoms with van der Waals surface area (Å²) < 4.78 is 0. The summed E-state index contributed by atoms with van der Waals surface area (Å²) in [5.74, 6) is -1.92. The van der Waals surface area contributed by atoms with Gasteiger partial charge in [-0.25, -0.2) is 0 Å². The van der Waals surface area contributed by atoms with Gasteiger partial charge in [-0.3, -0.25) is 19.2 Å². The molecule has 0 heterocycles. The van der Waals surface area contributed by atoms with E-state index in [0.717, 1.165) is 12.8 Å². The van der Waals surface area contributed by atoms with Crippen LogP contribution in [0.5, 0.6) is 0 Å². The number of primary amides is 1. The van der Waals surface area contributed by atoms with Crippen LogP contribution in [-0.4, -0.2) is 41.8 Å². The van der Waals surface area contributed by atoms with Crippen LogP contribution in [0.15, 0.2) is 0 Å². The van der Waals surface area contributed by atoms with Crippen molar-refractivity contribution in [3.63, 3.8) is 0 Å². The molecule has 0 saturated carbocycles. The van der Waals surface area contributed by atoms with Gasteiger partial charge in [-0.05, 0) is 20.3 Å². The van der Waals surface area contributed by atoms with E-state index >= 15 is 0 Å². The highest BCUT2D eigenvalue weighted by atomic mass is 16.2. The summed E-state index contributed by atoms with van der Waals surface area (Å²) in [5.41, 5.74) is 5.10. The number of unbranched alkanes of at least 4 members (excludes halogenated alkanes) is 1. The molecular formula is C14H26N4O4. The van der Waals surface area contributed by atoms with Crippen molar-refractivity contribution in [2.75, 3.05) is 0 Å². The lowest BCUT2D eigenvalue weighted by Crippen LogP contribution is -2.55. The summed E-state index contributed by atoms with van der Waals surface area (Å²) in [6, 6.07) is -2.34. The Kier molecular flexibility index (Phi) is 8.81. The highest BCUT2D eigenvalue weighted by molar-refractivity contribution is 5.93. The molecular weight excluding hydrogens is 288 g/mol. The molecule has 0 rings (SSSR count). The lowest BCUT2D eigenvalue weighted by atomic mass is 10.1. The summed E-state index contributed by atoms with van der Waals surface area (Å²) >= 11 is 0. The first kappa shape index (κ1) is 19.9. The minimum absolute atomic E-state index is 0.334. The third-order valence-electron chi connectivity index (χ3n) is 3.08. The Morgan fingerprint density at radius 1 is 0.955 bits per heavy atom. The predicted octanol–water partition coefficient (Wildman–Crippen LogP) is -0.824. The van der Waals surface area contributed by atoms with E-state index in [1.165, 1.54) is 20.8 Å². The van der Waals surface area contributed by atoms with Crippen LogP contribution in [0.25, 0.3) is 0 Å². The summed E-state index contributed by atoms with van der Waals surface area (Å²) in [6.07, 6.45) is 2.02. The molecule has 0 bridgehead atoms. The maximum Gasteiger partial charge on any atom is 0.243 e. The molecule has 5 N–H and O–H groups in total. The zero-order chi connectivity index (χ0) is 17.3. The molecule has 126 valence electrons. The topological polar surface area (TPSA) is 130 Å². The van der Waals surface area contributed by atoms with Gasteiger partial charge in [-0.15, -0.1) is 0 Å². The number of nitrogens with one attached hydrogen (secondary N) is 3. The van der Waals surface area contributed by atoms with Crippen LogP contribution < -0.4 is 21.7 Å². The van der Waals surface area contributed by atoms with Gasteiger partial charge in [0.25, 0.3) is 0 Å². The van der Waals surface area contributed by atoms with Gasteiger partial charge in [0.05, 0.1) is 0 Å². The average molecular weight is 314 g/mol. The number of hydrogen-bond donors (Lipinski definition) is 4. The van der Waals surface area contributed by atoms with E-state index in [-0.39, 0.29) is 5.91 Å². The molecule has 0 radical (unpaired) electrons. The molecule has 0 aromatic heterocycles. The Morgan fingerprint density at radius 2 is 1.55 bits per heavy atom. The lowest BCUT2D eigenvalue weighted by Gasteiger charge is -2.22. The van der Waals surface area contributed by atoms with Crippen molar-refractivity contribution in [3.8, 4) is 0 Å². The summed E-state index contributed by atoms with van der Waals surface area (Å²) in [6.45, 7) is 6.26. The number of nitrogens with two attached hydrogens (primary N) is 1. The lowest BCUT2D eigenvalue weighted by molar-refractivity contribution is -0.132. The van der Waals surface area contributed by atoms with Gasteiger partial charge in [0.1, 0.15) is 18.1 Å². The Morgan fingerprint density at radius 3 is 2.00 bits per heavy atom. The molecule has 0 aliphatic heterocycles. The van der Waals surface area contributed by atoms with Gasteiger partial charge in [-0.2, -0.15) is 0 Å². The molecule has 8 nitrogen and oxygen atoms in total. The standard InChI is InChI=1S/C14H26N4O4/c1-5-6-7-11(14(22)17-8(2)12(15)20)18-13(21)9(3)16-10(4)19/h8-9,11H,5-7H2,1-4H3,(H2,15,20)(H,16,19)(H,17,22)(H,18,21)/t8-,9-,11-/m0/s1. The molecule has 0 aliphatic rings. The summed E-state index contributed by atoms with van der Waals surface area (Å²) in [7, 11) is 0. The van der Waals surface area contributed by atoms with Gasteiger partial charge in [0.2, 0.25) is 23.6 Å². The molecule has 0 aliphatic carbocycles. The fourth-order valence-electron chi connectivity index (χ4n) is 1.73. The van der Waals surface area contributed by atoms with Crippen LogP contribution in [0.1, 0.15) is 47.0 Å². The van der Waals surface area contributed by atoms with Crippen LogP contribution in [0, 0.1) is 0 Å². The van der Waals surface area contributed by atoms with Gasteiger partial charge in [-0.1, -0.05) is 19.8 Å². The van der Waals surface area contributed by atoms with Gasteiger partial charge in [0, 0.05) is 6.92 Å². The zero-order valence-corrected chi connectivity index (χ0v) is 13.6. The first-order valence-electron chi connectivity index (χ1n) is 7.36. The van der Waals surface area contributed by atoms with Crippen molar-refractivity contribution in [2.45, 2.75) is 65.1 Å². The normalized spacial score (nSPS) is 14.4. The molecule has 8 heteroatoms. The smallest absolute Gasteiger partial charge is 0.243 e. The average Bonchev–Trinajstić information content (AvgIpc) is 2.41. The van der Waals surface area contributed by atoms with Crippen LogP contribution in [0.4, 0.5) is 0 Å². The van der Waals surface area contributed by atoms with E-state index in [2.05, 4.69) is 16.0 Å². The van der Waals surface area contributed by atoms with E-state index in [0.29, 0.717) is 6.42 Å². The maximum absolute atomic E-state index is 12.1. The Labute approximate surface area is 130 Å². The van der Waals surface area contributed by atoms with Crippen molar-refractivity contribution < 1.29 is 19.2 Å². The second-order valence-electron chi connectivity index (χ2n) is 5.26. The summed E-state index contributed by atoms with van der Waals surface area (Å²) in [4.78, 5) is 46.0. The number of hydrogen-bond acceptors (Lipinski definition) is 4. The molecule has 0 spiro atoms. The van der Waals surface area contributed by atoms with Crippen LogP contribution >= 0.6 is 0 Å². The van der Waals surface area contributed by atoms with Gasteiger partial charge < -0.3 is 21.7 Å². The quantitative estimate of drug-likeness (QED) is 0.442. The van der Waals surface area contributed by atoms with Crippen molar-refractivity contribution in [1.82, 2.24) is 16.0 Å². The van der Waals surface area contributed by atoms with Crippen LogP contribution in [0.2, 0.25) is 0 Å². The van der Waals surface area contributed by atoms with E-state index in [4.69, 9.17) is 5.73 Å². The molecule has 0 unspecified atom stereocenters. The third kappa shape index (κ3) is 7.61. The Bertz CT molecular complexity index is 425.